The third kappa shape index (κ3) is 9.24. The van der Waals surface area contributed by atoms with Gasteiger partial charge in [-0.05, 0) is 73.2 Å². The van der Waals surface area contributed by atoms with Crippen LogP contribution in [0.5, 0.6) is 0 Å². The lowest BCUT2D eigenvalue weighted by Gasteiger charge is -2.14. The zero-order valence-corrected chi connectivity index (χ0v) is 28.6. The zero-order chi connectivity index (χ0) is 31.8. The molecule has 1 unspecified atom stereocenters. The van der Waals surface area contributed by atoms with Gasteiger partial charge in [-0.3, -0.25) is 14.4 Å². The van der Waals surface area contributed by atoms with E-state index in [1.165, 1.54) is 23.1 Å². The normalized spacial score (nSPS) is 11.8. The highest BCUT2D eigenvalue weighted by Crippen LogP contribution is 2.29. The number of thioether (sulfide) groups is 1. The smallest absolute Gasteiger partial charge is 0.272 e. The van der Waals surface area contributed by atoms with Gasteiger partial charge in [-0.2, -0.15) is 0 Å². The summed E-state index contributed by atoms with van der Waals surface area (Å²) in [6, 6.07) is 31.1. The first-order valence-electron chi connectivity index (χ1n) is 13.7. The number of carbonyl (C=O) groups excluding carboxylic acids is 3. The van der Waals surface area contributed by atoms with Gasteiger partial charge in [0.05, 0.1) is 10.9 Å². The number of nitrogens with one attached hydrogen (secondary N) is 3. The lowest BCUT2D eigenvalue weighted by Crippen LogP contribution is -2.30. The molecule has 0 radical (unpaired) electrons. The van der Waals surface area contributed by atoms with Gasteiger partial charge in [0.2, 0.25) is 5.91 Å². The van der Waals surface area contributed by atoms with Crippen molar-refractivity contribution in [2.24, 2.45) is 0 Å². The van der Waals surface area contributed by atoms with Crippen molar-refractivity contribution in [3.05, 3.63) is 134 Å². The number of rotatable bonds is 10. The molecule has 226 valence electrons. The number of carbonyl (C=O) groups is 3. The molecule has 7 nitrogen and oxygen atoms in total. The monoisotopic (exact) mass is 760 g/mol. The fourth-order valence-corrected chi connectivity index (χ4v) is 6.43. The first kappa shape index (κ1) is 32.4. The highest BCUT2D eigenvalue weighted by molar-refractivity contribution is 9.10. The van der Waals surface area contributed by atoms with Gasteiger partial charge in [0.25, 0.3) is 11.8 Å². The first-order chi connectivity index (χ1) is 21.7. The van der Waals surface area contributed by atoms with Crippen LogP contribution in [0.1, 0.15) is 22.8 Å². The fraction of sp³-hybridized carbons (Fsp3) is 0.0588. The molecule has 1 atom stereocenters. The topological polar surface area (TPSA) is 100 Å². The van der Waals surface area contributed by atoms with Gasteiger partial charge in [0.1, 0.15) is 5.70 Å². The van der Waals surface area contributed by atoms with Crippen molar-refractivity contribution in [1.29, 1.82) is 0 Å². The summed E-state index contributed by atoms with van der Waals surface area (Å²) in [5.41, 5.74) is 3.52. The van der Waals surface area contributed by atoms with Crippen LogP contribution in [0.2, 0.25) is 0 Å². The van der Waals surface area contributed by atoms with Crippen molar-refractivity contribution < 1.29 is 14.4 Å². The Hall–Kier alpha value is -4.03. The summed E-state index contributed by atoms with van der Waals surface area (Å²) < 4.78 is 1.82. The predicted molar refractivity (Wildman–Crippen MR) is 190 cm³/mol. The molecular formula is C34H26Br2N4O3S2. The molecule has 5 rings (SSSR count). The lowest BCUT2D eigenvalue weighted by atomic mass is 10.1. The van der Waals surface area contributed by atoms with Crippen LogP contribution in [-0.2, 0) is 9.59 Å². The molecule has 0 aliphatic rings. The zero-order valence-electron chi connectivity index (χ0n) is 23.8. The standard InChI is InChI=1S/C34H26Br2N4O3S2/c1-21(31(41)40-34-39-30(20-44-34)23-13-15-25(35)16-14-23)45-28-12-6-11-27(19-28)37-33(43)29(18-22-7-5-10-26(36)17-22)38-32(42)24-8-3-2-4-9-24/h2-21H,1H3,(H,37,43)(H,38,42)(H,39,40,41)/b29-18+. The molecule has 3 amide bonds. The van der Waals surface area contributed by atoms with Gasteiger partial charge in [-0.15, -0.1) is 23.1 Å². The van der Waals surface area contributed by atoms with Gasteiger partial charge >= 0.3 is 0 Å². The van der Waals surface area contributed by atoms with Crippen LogP contribution in [0.25, 0.3) is 17.3 Å². The van der Waals surface area contributed by atoms with E-state index in [4.69, 9.17) is 0 Å². The predicted octanol–water partition coefficient (Wildman–Crippen LogP) is 8.86. The summed E-state index contributed by atoms with van der Waals surface area (Å²) in [6.07, 6.45) is 1.62. The second kappa shape index (κ2) is 15.3. The Kier molecular flexibility index (Phi) is 11.0. The molecule has 0 aliphatic heterocycles. The average Bonchev–Trinajstić information content (AvgIpc) is 3.50. The van der Waals surface area contributed by atoms with Crippen molar-refractivity contribution in [1.82, 2.24) is 10.3 Å². The van der Waals surface area contributed by atoms with E-state index in [9.17, 15) is 14.4 Å². The number of benzene rings is 4. The summed E-state index contributed by atoms with van der Waals surface area (Å²) in [5.74, 6) is -1.08. The van der Waals surface area contributed by atoms with Gasteiger partial charge in [-0.1, -0.05) is 80.4 Å². The summed E-state index contributed by atoms with van der Waals surface area (Å²) >= 11 is 9.61. The Morgan fingerprint density at radius 3 is 2.36 bits per heavy atom. The third-order valence-electron chi connectivity index (χ3n) is 6.34. The van der Waals surface area contributed by atoms with Gasteiger partial charge in [0, 0.05) is 36.0 Å². The quantitative estimate of drug-likeness (QED) is 0.0976. The molecule has 3 N–H and O–H groups in total. The molecule has 0 bridgehead atoms. The van der Waals surface area contributed by atoms with Gasteiger partial charge in [-0.25, -0.2) is 4.98 Å². The van der Waals surface area contributed by atoms with E-state index in [1.807, 2.05) is 73.0 Å². The number of hydrogen-bond acceptors (Lipinski definition) is 6. The second-order valence-electron chi connectivity index (χ2n) is 9.71. The van der Waals surface area contributed by atoms with Gasteiger partial charge in [0.15, 0.2) is 5.13 Å². The number of anilines is 2. The maximum Gasteiger partial charge on any atom is 0.272 e. The van der Waals surface area contributed by atoms with Gasteiger partial charge < -0.3 is 16.0 Å². The van der Waals surface area contributed by atoms with Crippen molar-refractivity contribution in [3.63, 3.8) is 0 Å². The summed E-state index contributed by atoms with van der Waals surface area (Å²) in [5, 5.41) is 10.5. The van der Waals surface area contributed by atoms with Crippen molar-refractivity contribution in [2.45, 2.75) is 17.1 Å². The number of thiazole rings is 1. The minimum absolute atomic E-state index is 0.0821. The van der Waals surface area contributed by atoms with Crippen LogP contribution in [-0.4, -0.2) is 28.0 Å². The maximum atomic E-state index is 13.4. The molecule has 0 fully saturated rings. The van der Waals surface area contributed by atoms with Crippen LogP contribution >= 0.6 is 55.0 Å². The SMILES string of the molecule is CC(Sc1cccc(NC(=O)/C(=C\c2cccc(Br)c2)NC(=O)c2ccccc2)c1)C(=O)Nc1nc(-c2ccc(Br)cc2)cs1. The Morgan fingerprint density at radius 2 is 1.60 bits per heavy atom. The number of nitrogens with zero attached hydrogens (tertiary/aromatic N) is 1. The summed E-state index contributed by atoms with van der Waals surface area (Å²) in [6.45, 7) is 1.81. The second-order valence-corrected chi connectivity index (χ2v) is 13.8. The minimum atomic E-state index is -0.488. The Labute approximate surface area is 285 Å². The van der Waals surface area contributed by atoms with E-state index in [1.54, 1.807) is 48.5 Å². The molecule has 1 heterocycles. The Balaban J connectivity index is 1.25. The van der Waals surface area contributed by atoms with E-state index in [-0.39, 0.29) is 11.6 Å². The fourth-order valence-electron chi connectivity index (χ4n) is 4.10. The maximum absolute atomic E-state index is 13.4. The minimum Gasteiger partial charge on any atom is -0.321 e. The Bertz CT molecular complexity index is 1860. The number of halogens is 2. The lowest BCUT2D eigenvalue weighted by molar-refractivity contribution is -0.115. The van der Waals surface area contributed by atoms with Crippen LogP contribution in [0.15, 0.2) is 128 Å². The van der Waals surface area contributed by atoms with E-state index in [0.717, 1.165) is 30.7 Å². The molecule has 5 aromatic rings. The number of hydrogen-bond donors (Lipinski definition) is 3. The molecule has 11 heteroatoms. The molecule has 4 aromatic carbocycles. The molecule has 0 saturated heterocycles. The van der Waals surface area contributed by atoms with Crippen LogP contribution in [0.4, 0.5) is 10.8 Å². The van der Waals surface area contributed by atoms with Crippen molar-refractivity contribution in [2.75, 3.05) is 10.6 Å². The van der Waals surface area contributed by atoms with E-state index >= 15 is 0 Å². The highest BCUT2D eigenvalue weighted by Gasteiger charge is 2.18. The first-order valence-corrected chi connectivity index (χ1v) is 17.0. The van der Waals surface area contributed by atoms with Crippen LogP contribution in [0.3, 0.4) is 0 Å². The number of aromatic nitrogens is 1. The third-order valence-corrected chi connectivity index (χ3v) is 9.21. The largest absolute Gasteiger partial charge is 0.321 e. The molecule has 0 aliphatic carbocycles. The molecule has 45 heavy (non-hydrogen) atoms. The van der Waals surface area contributed by atoms with E-state index < -0.39 is 17.1 Å². The van der Waals surface area contributed by atoms with Crippen molar-refractivity contribution in [3.8, 4) is 11.3 Å². The molecule has 1 aromatic heterocycles. The summed E-state index contributed by atoms with van der Waals surface area (Å²) in [4.78, 5) is 44.7. The number of amides is 3. The summed E-state index contributed by atoms with van der Waals surface area (Å²) in [7, 11) is 0. The van der Waals surface area contributed by atoms with Crippen molar-refractivity contribution >= 4 is 89.6 Å². The average molecular weight is 763 g/mol. The van der Waals surface area contributed by atoms with Crippen LogP contribution < -0.4 is 16.0 Å². The van der Waals surface area contributed by atoms with Crippen LogP contribution in [0, 0.1) is 0 Å². The molecule has 0 saturated carbocycles. The highest BCUT2D eigenvalue weighted by atomic mass is 79.9. The van der Waals surface area contributed by atoms with E-state index in [0.29, 0.717) is 16.4 Å². The van der Waals surface area contributed by atoms with E-state index in [2.05, 4.69) is 52.8 Å². The molecule has 0 spiro atoms. The Morgan fingerprint density at radius 1 is 0.844 bits per heavy atom. The molecular weight excluding hydrogens is 736 g/mol.